The molecule has 0 aromatic rings. The van der Waals surface area contributed by atoms with Crippen molar-refractivity contribution in [2.24, 2.45) is 0 Å². The fraction of sp³-hybridized carbons (Fsp3) is 0. The first-order valence-electron chi connectivity index (χ1n) is 0. The second-order valence-corrected chi connectivity index (χ2v) is 0. The van der Waals surface area contributed by atoms with Crippen LogP contribution in [-0.2, 0) is 61.3 Å². The van der Waals surface area contributed by atoms with E-state index in [-0.39, 0.29) is 79.3 Å². The van der Waals surface area contributed by atoms with Crippen LogP contribution in [0, 0.1) is 0 Å². The van der Waals surface area contributed by atoms with Gasteiger partial charge >= 0.3 is 18.0 Å². The van der Waals surface area contributed by atoms with Gasteiger partial charge in [0.25, 0.3) is 0 Å². The third kappa shape index (κ3) is 8.82. The fourth-order valence-corrected chi connectivity index (χ4v) is 0. The van der Waals surface area contributed by atoms with Crippen LogP contribution in [-0.4, -0.2) is 18.0 Å². The van der Waals surface area contributed by atoms with Crippen molar-refractivity contribution in [3.8, 4) is 0 Å². The number of hydrogen-bond acceptors (Lipinski definition) is 0. The molecule has 0 aliphatic rings. The van der Waals surface area contributed by atoms with Crippen molar-refractivity contribution < 1.29 is 61.3 Å². The molecule has 0 aromatic carbocycles. The van der Waals surface area contributed by atoms with Crippen LogP contribution in [0.2, 0.25) is 0 Å². The topological polar surface area (TPSA) is 0 Å². The van der Waals surface area contributed by atoms with Crippen molar-refractivity contribution in [3.63, 3.8) is 0 Å². The summed E-state index contributed by atoms with van der Waals surface area (Å²) in [5.74, 6) is 0. The van der Waals surface area contributed by atoms with Crippen LogP contribution in [0.1, 0.15) is 0 Å². The first-order valence-corrected chi connectivity index (χ1v) is 0. The molecule has 0 aromatic heterocycles. The molecule has 1 radical (unpaired) electrons. The maximum absolute atomic E-state index is 0. The van der Waals surface area contributed by atoms with Gasteiger partial charge in [-0.3, -0.25) is 0 Å². The van der Waals surface area contributed by atoms with E-state index in [1.165, 1.54) is 0 Å². The van der Waals surface area contributed by atoms with Crippen molar-refractivity contribution in [2.75, 3.05) is 0 Å². The van der Waals surface area contributed by atoms with Crippen molar-refractivity contribution in [2.45, 2.75) is 0 Å². The molecule has 0 saturated heterocycles. The molecule has 0 N–H and O–H groups in total. The van der Waals surface area contributed by atoms with Crippen LogP contribution in [0.3, 0.4) is 0 Å². The zero-order valence-electron chi connectivity index (χ0n) is 2.06. The smallest absolute Gasteiger partial charge is 0 e. The Hall–Kier alpha value is 2.55. The summed E-state index contributed by atoms with van der Waals surface area (Å²) in [6.45, 7) is 0. The van der Waals surface area contributed by atoms with Gasteiger partial charge in [-0.15, -0.1) is 0 Å². The fourth-order valence-electron chi connectivity index (χ4n) is 0. The van der Waals surface area contributed by atoms with E-state index in [1.807, 2.05) is 0 Å². The Morgan fingerprint density at radius 3 is 1.00 bits per heavy atom. The van der Waals surface area contributed by atoms with E-state index in [2.05, 4.69) is 0 Å². The Morgan fingerprint density at radius 2 is 1.00 bits per heavy atom. The SMILES string of the molecule is [AsH3].[Ti].[V].[W]. The minimum absolute atomic E-state index is 0. The summed E-state index contributed by atoms with van der Waals surface area (Å²) >= 11 is 0. The van der Waals surface area contributed by atoms with E-state index in [9.17, 15) is 0 Å². The third-order valence-corrected chi connectivity index (χ3v) is 0. The van der Waals surface area contributed by atoms with Gasteiger partial charge in [-0.05, 0) is 0 Å². The summed E-state index contributed by atoms with van der Waals surface area (Å²) in [6, 6.07) is 0. The molecule has 0 aliphatic carbocycles. The molecule has 4 heteroatoms. The molecular formula is H3AsTiVW. The number of rotatable bonds is 0. The van der Waals surface area contributed by atoms with Crippen LogP contribution in [0.15, 0.2) is 0 Å². The first-order chi connectivity index (χ1) is 0. The summed E-state index contributed by atoms with van der Waals surface area (Å²) in [4.78, 5) is 0. The summed E-state index contributed by atoms with van der Waals surface area (Å²) in [5.41, 5.74) is 0. The summed E-state index contributed by atoms with van der Waals surface area (Å²) in [7, 11) is 0. The average Bonchev–Trinajstić information content (AvgIpc) is 0. The van der Waals surface area contributed by atoms with E-state index in [0.717, 1.165) is 0 Å². The van der Waals surface area contributed by atoms with E-state index >= 15 is 0 Å². The first kappa shape index (κ1) is 31.1. The van der Waals surface area contributed by atoms with Crippen molar-refractivity contribution in [3.05, 3.63) is 0 Å². The van der Waals surface area contributed by atoms with Gasteiger partial charge in [0.1, 0.15) is 0 Å². The van der Waals surface area contributed by atoms with Gasteiger partial charge in [0.15, 0.2) is 0 Å². The predicted molar refractivity (Wildman–Crippen MR) is 9.94 cm³/mol. The number of hydrogen-bond donors (Lipinski definition) is 0. The maximum Gasteiger partial charge on any atom is 0 e. The average molecular weight is 361 g/mol. The second kappa shape index (κ2) is 17.7. The van der Waals surface area contributed by atoms with Gasteiger partial charge in [-0.25, -0.2) is 0 Å². The van der Waals surface area contributed by atoms with Gasteiger partial charge in [0.2, 0.25) is 0 Å². The van der Waals surface area contributed by atoms with Crippen molar-refractivity contribution >= 4 is 18.0 Å². The molecule has 4 heavy (non-hydrogen) atoms. The van der Waals surface area contributed by atoms with Gasteiger partial charge in [0.05, 0.1) is 0 Å². The standard InChI is InChI=1S/AsH3.Ti.V.W/h1H3;;;. The molecule has 0 heterocycles. The van der Waals surface area contributed by atoms with Gasteiger partial charge in [0, 0.05) is 61.3 Å². The molecule has 0 rings (SSSR count). The second-order valence-electron chi connectivity index (χ2n) is 0. The molecule has 0 fully saturated rings. The molecule has 23 valence electrons. The van der Waals surface area contributed by atoms with Crippen LogP contribution >= 0.6 is 0 Å². The van der Waals surface area contributed by atoms with Crippen LogP contribution in [0.5, 0.6) is 0 Å². The Kier molecular flexibility index (Phi) is 137. The largest absolute Gasteiger partial charge is 0 e. The molecular weight excluding hydrogens is 358 g/mol. The van der Waals surface area contributed by atoms with Gasteiger partial charge in [-0.1, -0.05) is 0 Å². The molecule has 0 aliphatic heterocycles. The zero-order chi connectivity index (χ0) is 0. The zero-order valence-corrected chi connectivity index (χ0v) is 10.9. The van der Waals surface area contributed by atoms with E-state index in [1.54, 1.807) is 0 Å². The summed E-state index contributed by atoms with van der Waals surface area (Å²) in [6.07, 6.45) is 0. The maximum atomic E-state index is 0. The van der Waals surface area contributed by atoms with E-state index in [0.29, 0.717) is 0 Å². The van der Waals surface area contributed by atoms with Crippen LogP contribution in [0.25, 0.3) is 0 Å². The Labute approximate surface area is 78.2 Å². The van der Waals surface area contributed by atoms with E-state index < -0.39 is 0 Å². The molecule has 0 nitrogen and oxygen atoms in total. The molecule has 1 atom stereocenters. The Balaban J connectivity index is 0. The van der Waals surface area contributed by atoms with Crippen LogP contribution < -0.4 is 0 Å². The molecule has 0 amide bonds. The predicted octanol–water partition coefficient (Wildman–Crippen LogP) is -1.19. The third-order valence-electron chi connectivity index (χ3n) is 0. The summed E-state index contributed by atoms with van der Waals surface area (Å²) < 4.78 is 0. The van der Waals surface area contributed by atoms with Crippen LogP contribution in [0.4, 0.5) is 0 Å². The quantitative estimate of drug-likeness (QED) is 0.477. The molecule has 0 saturated carbocycles. The Morgan fingerprint density at radius 1 is 1.00 bits per heavy atom. The molecule has 1 unspecified atom stereocenters. The van der Waals surface area contributed by atoms with Gasteiger partial charge in [-0.2, -0.15) is 0 Å². The van der Waals surface area contributed by atoms with Crippen molar-refractivity contribution in [1.82, 2.24) is 0 Å². The summed E-state index contributed by atoms with van der Waals surface area (Å²) in [5, 5.41) is 0. The monoisotopic (exact) mass is 361 g/mol. The van der Waals surface area contributed by atoms with Gasteiger partial charge < -0.3 is 0 Å². The van der Waals surface area contributed by atoms with E-state index in [4.69, 9.17) is 0 Å². The molecule has 0 bridgehead atoms. The Bertz CT molecular complexity index is 8.00. The normalized spacial score (nSPS) is 0. The minimum atomic E-state index is 0. The molecule has 0 spiro atoms. The minimum Gasteiger partial charge on any atom is 0 e. The van der Waals surface area contributed by atoms with Crippen molar-refractivity contribution in [1.29, 1.82) is 0 Å².